The van der Waals surface area contributed by atoms with Crippen LogP contribution in [0.1, 0.15) is 5.56 Å². The molecule has 12 heteroatoms. The van der Waals surface area contributed by atoms with Crippen LogP contribution < -0.4 is 16.2 Å². The number of nitrogens with two attached hydrogens (primary N) is 2. The lowest BCUT2D eigenvalue weighted by molar-refractivity contribution is -0.138. The number of hydrogen-bond acceptors (Lipinski definition) is 6. The van der Waals surface area contributed by atoms with Crippen molar-refractivity contribution >= 4 is 92.1 Å². The third-order valence-corrected chi connectivity index (χ3v) is 5.61. The summed E-state index contributed by atoms with van der Waals surface area (Å²) in [5.74, 6) is -0.460. The molecule has 0 fully saturated rings. The zero-order valence-electron chi connectivity index (χ0n) is 14.6. The van der Waals surface area contributed by atoms with E-state index in [9.17, 15) is 14.7 Å². The number of phenolic OH excluding ortho intramolecular Hbond substituents is 1. The van der Waals surface area contributed by atoms with Gasteiger partial charge in [0, 0.05) is 0 Å². The summed E-state index contributed by atoms with van der Waals surface area (Å²) in [5, 5.41) is 26.1. The largest absolute Gasteiger partial charge is 0.507 e. The quantitative estimate of drug-likeness (QED) is 0.281. The molecule has 0 amide bonds. The van der Waals surface area contributed by atoms with Crippen molar-refractivity contribution in [2.75, 3.05) is 6.54 Å². The Morgan fingerprint density at radius 2 is 1.55 bits per heavy atom. The lowest BCUT2D eigenvalue weighted by Gasteiger charge is -2.13. The second-order valence-electron chi connectivity index (χ2n) is 5.35. The number of carbonyl (C=O) groups is 2. The second kappa shape index (κ2) is 13.6. The van der Waals surface area contributed by atoms with Crippen molar-refractivity contribution < 1.29 is 29.6 Å². The average Bonchev–Trinajstić information content (AvgIpc) is 2.61. The van der Waals surface area contributed by atoms with Crippen molar-refractivity contribution in [1.29, 1.82) is 0 Å². The summed E-state index contributed by atoms with van der Waals surface area (Å²) in [4.78, 5) is 20.1. The summed E-state index contributed by atoms with van der Waals surface area (Å²) in [5.41, 5.74) is 11.0. The molecule has 2 aromatic rings. The molecule has 0 spiro atoms. The van der Waals surface area contributed by atoms with E-state index in [1.807, 2.05) is 34.7 Å². The lowest BCUT2D eigenvalue weighted by Crippen LogP contribution is -2.32. The Labute approximate surface area is 214 Å². The smallest absolute Gasteiger partial charge is 0.320 e. The van der Waals surface area contributed by atoms with Crippen LogP contribution in [0.3, 0.4) is 0 Å². The first-order chi connectivity index (χ1) is 13.0. The molecule has 0 radical (unpaired) electrons. The number of ether oxygens (including phenoxy) is 1. The molecule has 0 unspecified atom stereocenters. The number of carboxylic acids is 2. The van der Waals surface area contributed by atoms with Crippen LogP contribution in [0.25, 0.3) is 0 Å². The van der Waals surface area contributed by atoms with Crippen molar-refractivity contribution in [1.82, 2.24) is 0 Å². The summed E-state index contributed by atoms with van der Waals surface area (Å²) in [6, 6.07) is 7.83. The first-order valence-electron chi connectivity index (χ1n) is 7.59. The molecular formula is C17H18ClI3N2O6. The van der Waals surface area contributed by atoms with Crippen LogP contribution in [0.4, 0.5) is 0 Å². The molecular weight excluding hydrogens is 744 g/mol. The van der Waals surface area contributed by atoms with Gasteiger partial charge >= 0.3 is 11.9 Å². The third-order valence-electron chi connectivity index (χ3n) is 3.14. The molecule has 2 rings (SSSR count). The Hall–Kier alpha value is -0.620. The maximum atomic E-state index is 10.9. The summed E-state index contributed by atoms with van der Waals surface area (Å²) in [6.07, 6.45) is 0.263. The van der Waals surface area contributed by atoms with Crippen molar-refractivity contribution in [3.05, 3.63) is 46.6 Å². The van der Waals surface area contributed by atoms with Crippen molar-refractivity contribution in [3.8, 4) is 17.2 Å². The first kappa shape index (κ1) is 28.4. The van der Waals surface area contributed by atoms with Gasteiger partial charge in [0.15, 0.2) is 5.75 Å². The van der Waals surface area contributed by atoms with Gasteiger partial charge in [-0.05, 0) is 110 Å². The van der Waals surface area contributed by atoms with Crippen LogP contribution in [0.5, 0.6) is 17.2 Å². The highest BCUT2D eigenvalue weighted by atomic mass is 127. The van der Waals surface area contributed by atoms with Gasteiger partial charge < -0.3 is 31.5 Å². The predicted octanol–water partition coefficient (Wildman–Crippen LogP) is 3.40. The topological polar surface area (TPSA) is 156 Å². The summed E-state index contributed by atoms with van der Waals surface area (Å²) in [6.45, 7) is -0.278. The van der Waals surface area contributed by atoms with Gasteiger partial charge in [-0.1, -0.05) is 0 Å². The molecule has 0 heterocycles. The Balaban J connectivity index is 0.00000117. The molecule has 1 atom stereocenters. The highest BCUT2D eigenvalue weighted by Gasteiger charge is 2.16. The van der Waals surface area contributed by atoms with Gasteiger partial charge in [-0.2, -0.15) is 0 Å². The highest BCUT2D eigenvalue weighted by molar-refractivity contribution is 14.1. The van der Waals surface area contributed by atoms with E-state index in [0.29, 0.717) is 15.1 Å². The Morgan fingerprint density at radius 3 is 1.97 bits per heavy atom. The number of aromatic hydroxyl groups is 1. The van der Waals surface area contributed by atoms with E-state index >= 15 is 0 Å². The first-order valence-corrected chi connectivity index (χ1v) is 10.8. The molecule has 0 aliphatic rings. The normalized spacial score (nSPS) is 10.8. The molecule has 2 aromatic carbocycles. The summed E-state index contributed by atoms with van der Waals surface area (Å²) >= 11 is 6.33. The summed E-state index contributed by atoms with van der Waals surface area (Å²) < 4.78 is 8.34. The standard InChI is InChI=1S/C15H12I3NO4.C2H5NO2.ClH/c16-9-6-8(1-2-13(9)20)23-14-10(17)3-7(4-11(14)18)5-12(19)15(21)22;3-1-2(4)5;/h1-4,6,12,20H,5,19H2,(H,21,22);1,3H2,(H,4,5);1H/t12-;;/m0../s1. The zero-order valence-corrected chi connectivity index (χ0v) is 21.9. The van der Waals surface area contributed by atoms with E-state index in [1.165, 1.54) is 0 Å². The minimum atomic E-state index is -1.02. The summed E-state index contributed by atoms with van der Waals surface area (Å²) in [7, 11) is 0. The molecule has 0 bridgehead atoms. The number of hydrogen-bond donors (Lipinski definition) is 5. The van der Waals surface area contributed by atoms with Gasteiger partial charge in [-0.3, -0.25) is 9.59 Å². The Bertz CT molecular complexity index is 846. The Kier molecular flexibility index (Phi) is 13.3. The maximum absolute atomic E-state index is 10.9. The number of phenols is 1. The minimum absolute atomic E-state index is 0. The molecule has 7 N–H and O–H groups in total. The van der Waals surface area contributed by atoms with Gasteiger partial charge in [0.1, 0.15) is 17.5 Å². The third kappa shape index (κ3) is 9.82. The molecule has 0 aliphatic carbocycles. The van der Waals surface area contributed by atoms with Crippen molar-refractivity contribution in [2.45, 2.75) is 12.5 Å². The van der Waals surface area contributed by atoms with Crippen molar-refractivity contribution in [2.24, 2.45) is 11.5 Å². The van der Waals surface area contributed by atoms with E-state index in [1.54, 1.807) is 18.2 Å². The minimum Gasteiger partial charge on any atom is -0.507 e. The molecule has 0 saturated heterocycles. The monoisotopic (exact) mass is 762 g/mol. The van der Waals surface area contributed by atoms with E-state index in [-0.39, 0.29) is 31.1 Å². The fourth-order valence-electron chi connectivity index (χ4n) is 1.84. The molecule has 29 heavy (non-hydrogen) atoms. The number of carboxylic acid groups (broad SMARTS) is 2. The average molecular weight is 763 g/mol. The van der Waals surface area contributed by atoms with Crippen LogP contribution in [0, 0.1) is 10.7 Å². The SMILES string of the molecule is Cl.NCC(=O)O.N[C@@H](Cc1cc(I)c(Oc2ccc(O)c(I)c2)c(I)c1)C(=O)O. The number of halogens is 4. The van der Waals surface area contributed by atoms with E-state index < -0.39 is 18.0 Å². The lowest BCUT2D eigenvalue weighted by atomic mass is 10.1. The number of rotatable bonds is 6. The van der Waals surface area contributed by atoms with Crippen molar-refractivity contribution in [3.63, 3.8) is 0 Å². The van der Waals surface area contributed by atoms with Gasteiger partial charge in [0.2, 0.25) is 0 Å². The molecule has 8 nitrogen and oxygen atoms in total. The van der Waals surface area contributed by atoms with Gasteiger partial charge in [-0.25, -0.2) is 0 Å². The number of benzene rings is 2. The highest BCUT2D eigenvalue weighted by Crippen LogP contribution is 2.34. The number of aliphatic carboxylic acids is 2. The van der Waals surface area contributed by atoms with E-state index in [2.05, 4.69) is 50.9 Å². The molecule has 0 aliphatic heterocycles. The predicted molar refractivity (Wildman–Crippen MR) is 136 cm³/mol. The maximum Gasteiger partial charge on any atom is 0.320 e. The fraction of sp³-hybridized carbons (Fsp3) is 0.176. The van der Waals surface area contributed by atoms with Gasteiger partial charge in [0.25, 0.3) is 0 Å². The zero-order chi connectivity index (χ0) is 21.4. The van der Waals surface area contributed by atoms with Crippen LogP contribution in [-0.2, 0) is 16.0 Å². The van der Waals surface area contributed by atoms with Gasteiger partial charge in [0.05, 0.1) is 17.3 Å². The molecule has 160 valence electrons. The van der Waals surface area contributed by atoms with Gasteiger partial charge in [-0.15, -0.1) is 12.4 Å². The molecule has 0 aromatic heterocycles. The fourth-order valence-corrected chi connectivity index (χ4v) is 4.44. The van der Waals surface area contributed by atoms with Crippen LogP contribution in [0.2, 0.25) is 0 Å². The Morgan fingerprint density at radius 1 is 1.03 bits per heavy atom. The second-order valence-corrected chi connectivity index (χ2v) is 8.84. The van der Waals surface area contributed by atoms with Crippen LogP contribution in [0.15, 0.2) is 30.3 Å². The van der Waals surface area contributed by atoms with Crippen LogP contribution >= 0.6 is 80.2 Å². The van der Waals surface area contributed by atoms with E-state index in [0.717, 1.165) is 12.7 Å². The van der Waals surface area contributed by atoms with Crippen LogP contribution in [-0.4, -0.2) is 39.8 Å². The molecule has 0 saturated carbocycles. The van der Waals surface area contributed by atoms with E-state index in [4.69, 9.17) is 20.7 Å².